The Labute approximate surface area is 110 Å². The number of carbonyl (C=O) groups excluding carboxylic acids is 1. The second kappa shape index (κ2) is 8.04. The number of ether oxygens (including phenoxy) is 1. The van der Waals surface area contributed by atoms with E-state index in [1.54, 1.807) is 7.11 Å². The zero-order valence-electron chi connectivity index (χ0n) is 11.7. The third-order valence-corrected chi connectivity index (χ3v) is 3.33. The van der Waals surface area contributed by atoms with Gasteiger partial charge in [0.15, 0.2) is 0 Å². The van der Waals surface area contributed by atoms with Crippen LogP contribution >= 0.6 is 0 Å². The van der Waals surface area contributed by atoms with Crippen LogP contribution in [0.3, 0.4) is 0 Å². The van der Waals surface area contributed by atoms with Crippen molar-refractivity contribution in [2.24, 2.45) is 0 Å². The lowest BCUT2D eigenvalue weighted by molar-refractivity contribution is -0.105. The molecule has 0 fully saturated rings. The Hall–Kier alpha value is -1.15. The fourth-order valence-corrected chi connectivity index (χ4v) is 2.16. The van der Waals surface area contributed by atoms with E-state index in [1.807, 2.05) is 6.08 Å². The summed E-state index contributed by atoms with van der Waals surface area (Å²) in [5, 5.41) is 0. The van der Waals surface area contributed by atoms with Crippen LogP contribution in [0.2, 0.25) is 0 Å². The molecule has 0 aromatic rings. The lowest BCUT2D eigenvalue weighted by atomic mass is 10.0. The Morgan fingerprint density at radius 2 is 1.83 bits per heavy atom. The van der Waals surface area contributed by atoms with E-state index in [2.05, 4.69) is 26.0 Å². The molecule has 0 saturated carbocycles. The zero-order valence-corrected chi connectivity index (χ0v) is 11.7. The smallest absolute Gasteiger partial charge is 0.145 e. The normalized spacial score (nSPS) is 31.7. The van der Waals surface area contributed by atoms with Crippen molar-refractivity contribution in [2.45, 2.75) is 52.1 Å². The molecule has 18 heavy (non-hydrogen) atoms. The molecule has 1 aliphatic carbocycles. The molecule has 2 nitrogen and oxygen atoms in total. The van der Waals surface area contributed by atoms with Crippen molar-refractivity contribution in [3.05, 3.63) is 34.9 Å². The summed E-state index contributed by atoms with van der Waals surface area (Å²) in [5.41, 5.74) is 3.59. The summed E-state index contributed by atoms with van der Waals surface area (Å²) in [4.78, 5) is 11.0. The zero-order chi connectivity index (χ0) is 13.4. The third kappa shape index (κ3) is 5.46. The van der Waals surface area contributed by atoms with Crippen LogP contribution in [-0.4, -0.2) is 19.5 Å². The van der Waals surface area contributed by atoms with Gasteiger partial charge in [0.2, 0.25) is 0 Å². The summed E-state index contributed by atoms with van der Waals surface area (Å²) in [5.74, 6) is 0. The van der Waals surface area contributed by atoms with E-state index in [-0.39, 0.29) is 6.10 Å². The first-order chi connectivity index (χ1) is 8.65. The highest BCUT2D eigenvalue weighted by Crippen LogP contribution is 2.17. The predicted octanol–water partition coefficient (Wildman–Crippen LogP) is 3.98. The largest absolute Gasteiger partial charge is 0.377 e. The molecule has 0 N–H and O–H groups in total. The molecule has 0 aliphatic heterocycles. The molecular weight excluding hydrogens is 224 g/mol. The van der Waals surface area contributed by atoms with Gasteiger partial charge in [-0.05, 0) is 57.6 Å². The highest BCUT2D eigenvalue weighted by Gasteiger charge is 2.07. The van der Waals surface area contributed by atoms with Crippen LogP contribution in [-0.2, 0) is 9.53 Å². The van der Waals surface area contributed by atoms with Crippen molar-refractivity contribution in [3.63, 3.8) is 0 Å². The van der Waals surface area contributed by atoms with Crippen molar-refractivity contribution < 1.29 is 9.53 Å². The number of methoxy groups -OCH3 is 1. The number of hydrogen-bond acceptors (Lipinski definition) is 2. The van der Waals surface area contributed by atoms with Gasteiger partial charge in [0.1, 0.15) is 6.29 Å². The molecule has 0 heterocycles. The maximum absolute atomic E-state index is 11.0. The van der Waals surface area contributed by atoms with E-state index in [9.17, 15) is 4.79 Å². The fourth-order valence-electron chi connectivity index (χ4n) is 2.16. The SMILES string of the molecule is CO[C@H]1/C=C(\C=O)CC/C=C(\C)CC/C=C(/C)C1. The molecule has 0 spiro atoms. The first-order valence-corrected chi connectivity index (χ1v) is 6.65. The van der Waals surface area contributed by atoms with Gasteiger partial charge in [-0.2, -0.15) is 0 Å². The van der Waals surface area contributed by atoms with E-state index >= 15 is 0 Å². The number of rotatable bonds is 2. The standard InChI is InChI=1S/C16H24O2/c1-13-6-4-8-14(2)10-16(18-3)11-15(12-17)9-5-7-13/h7-8,11-12,16H,4-6,9-10H2,1-3H3/b13-7+,14-8-,15-11-/t16-/m1/s1. The van der Waals surface area contributed by atoms with Gasteiger partial charge in [-0.3, -0.25) is 4.79 Å². The minimum absolute atomic E-state index is 0.0194. The van der Waals surface area contributed by atoms with E-state index in [4.69, 9.17) is 4.74 Å². The molecular formula is C16H24O2. The molecule has 0 aromatic carbocycles. The number of allylic oxidation sites excluding steroid dienone is 4. The average molecular weight is 248 g/mol. The molecule has 1 rings (SSSR count). The van der Waals surface area contributed by atoms with E-state index in [0.29, 0.717) is 0 Å². The topological polar surface area (TPSA) is 26.3 Å². The molecule has 2 heteroatoms. The second-order valence-electron chi connectivity index (χ2n) is 5.02. The summed E-state index contributed by atoms with van der Waals surface area (Å²) in [7, 11) is 1.70. The highest BCUT2D eigenvalue weighted by molar-refractivity contribution is 5.73. The van der Waals surface area contributed by atoms with E-state index in [1.165, 1.54) is 11.1 Å². The van der Waals surface area contributed by atoms with Crippen LogP contribution in [0.15, 0.2) is 34.9 Å². The summed E-state index contributed by atoms with van der Waals surface area (Å²) < 4.78 is 5.43. The molecule has 0 saturated heterocycles. The van der Waals surface area contributed by atoms with Gasteiger partial charge in [-0.25, -0.2) is 0 Å². The van der Waals surface area contributed by atoms with Gasteiger partial charge in [0, 0.05) is 7.11 Å². The third-order valence-electron chi connectivity index (χ3n) is 3.33. The number of aldehydes is 1. The number of carbonyl (C=O) groups is 1. The molecule has 0 unspecified atom stereocenters. The Morgan fingerprint density at radius 3 is 2.50 bits per heavy atom. The molecule has 1 aliphatic rings. The first-order valence-electron chi connectivity index (χ1n) is 6.65. The van der Waals surface area contributed by atoms with Crippen molar-refractivity contribution in [1.82, 2.24) is 0 Å². The van der Waals surface area contributed by atoms with Crippen molar-refractivity contribution >= 4 is 6.29 Å². The average Bonchev–Trinajstić information content (AvgIpc) is 2.34. The highest BCUT2D eigenvalue weighted by atomic mass is 16.5. The Bertz CT molecular complexity index is 361. The second-order valence-corrected chi connectivity index (χ2v) is 5.02. The maximum Gasteiger partial charge on any atom is 0.145 e. The molecule has 0 amide bonds. The number of hydrogen-bond donors (Lipinski definition) is 0. The van der Waals surface area contributed by atoms with Gasteiger partial charge in [-0.1, -0.05) is 23.3 Å². The summed E-state index contributed by atoms with van der Waals surface area (Å²) in [6.45, 7) is 4.29. The van der Waals surface area contributed by atoms with Gasteiger partial charge < -0.3 is 4.74 Å². The first kappa shape index (κ1) is 14.9. The van der Waals surface area contributed by atoms with Crippen LogP contribution in [0.25, 0.3) is 0 Å². The van der Waals surface area contributed by atoms with Gasteiger partial charge >= 0.3 is 0 Å². The van der Waals surface area contributed by atoms with Crippen LogP contribution in [0, 0.1) is 0 Å². The summed E-state index contributed by atoms with van der Waals surface area (Å²) in [6, 6.07) is 0. The van der Waals surface area contributed by atoms with Crippen molar-refractivity contribution in [3.8, 4) is 0 Å². The Kier molecular flexibility index (Phi) is 6.66. The van der Waals surface area contributed by atoms with Gasteiger partial charge in [0.25, 0.3) is 0 Å². The lowest BCUT2D eigenvalue weighted by Gasteiger charge is -2.13. The Balaban J connectivity index is 2.87. The van der Waals surface area contributed by atoms with Crippen LogP contribution in [0.4, 0.5) is 0 Å². The van der Waals surface area contributed by atoms with Gasteiger partial charge in [-0.15, -0.1) is 0 Å². The summed E-state index contributed by atoms with van der Waals surface area (Å²) >= 11 is 0. The lowest BCUT2D eigenvalue weighted by Crippen LogP contribution is -2.09. The van der Waals surface area contributed by atoms with Gasteiger partial charge in [0.05, 0.1) is 6.10 Å². The fraction of sp³-hybridized carbons (Fsp3) is 0.562. The molecule has 0 bridgehead atoms. The van der Waals surface area contributed by atoms with E-state index in [0.717, 1.165) is 44.0 Å². The molecule has 100 valence electrons. The minimum Gasteiger partial charge on any atom is -0.377 e. The minimum atomic E-state index is 0.0194. The van der Waals surface area contributed by atoms with Crippen LogP contribution in [0.1, 0.15) is 46.0 Å². The van der Waals surface area contributed by atoms with Crippen molar-refractivity contribution in [2.75, 3.05) is 7.11 Å². The van der Waals surface area contributed by atoms with Crippen LogP contribution in [0.5, 0.6) is 0 Å². The molecule has 1 atom stereocenters. The van der Waals surface area contributed by atoms with Crippen molar-refractivity contribution in [1.29, 1.82) is 0 Å². The quantitative estimate of drug-likeness (QED) is 0.545. The Morgan fingerprint density at radius 1 is 1.17 bits per heavy atom. The predicted molar refractivity (Wildman–Crippen MR) is 75.5 cm³/mol. The monoisotopic (exact) mass is 248 g/mol. The maximum atomic E-state index is 11.0. The van der Waals surface area contributed by atoms with E-state index < -0.39 is 0 Å². The van der Waals surface area contributed by atoms with Crippen LogP contribution < -0.4 is 0 Å². The molecule has 0 radical (unpaired) electrons. The molecule has 0 aromatic heterocycles. The summed E-state index contributed by atoms with van der Waals surface area (Å²) in [6.07, 6.45) is 12.3.